The van der Waals surface area contributed by atoms with E-state index in [0.717, 1.165) is 30.5 Å². The van der Waals surface area contributed by atoms with Gasteiger partial charge in [-0.2, -0.15) is 0 Å². The molecule has 0 unspecified atom stereocenters. The summed E-state index contributed by atoms with van der Waals surface area (Å²) in [5.41, 5.74) is 8.22. The topological polar surface area (TPSA) is 63.4 Å². The van der Waals surface area contributed by atoms with Crippen LogP contribution in [0.25, 0.3) is 0 Å². The minimum absolute atomic E-state index is 0.293. The Kier molecular flexibility index (Phi) is 2.33. The predicted octanol–water partition coefficient (Wildman–Crippen LogP) is 1.37. The Labute approximate surface area is 101 Å². The lowest BCUT2D eigenvalue weighted by molar-refractivity contribution is 0.588. The Morgan fingerprint density at radius 3 is 2.82 bits per heavy atom. The molecular weight excluding hydrogens is 236 g/mol. The third kappa shape index (κ3) is 1.99. The predicted molar refractivity (Wildman–Crippen MR) is 68.4 cm³/mol. The average Bonchev–Trinajstić information content (AvgIpc) is 2.95. The van der Waals surface area contributed by atoms with Gasteiger partial charge in [0.15, 0.2) is 0 Å². The molecular formula is C12H16N2O2S. The molecule has 0 atom stereocenters. The number of nitrogens with two attached hydrogens (primary N) is 1. The molecule has 4 nitrogen and oxygen atoms in total. The first kappa shape index (κ1) is 10.9. The van der Waals surface area contributed by atoms with Crippen molar-refractivity contribution in [3.05, 3.63) is 23.8 Å². The van der Waals surface area contributed by atoms with Crippen molar-refractivity contribution >= 4 is 21.4 Å². The standard InChI is InChI=1S/C12H16N2O2S/c13-11-4-3-10-5-6-14(12(10)7-11)17(15,16)8-9-1-2-9/h3-4,7,9H,1-2,5-6,8,13H2. The highest BCUT2D eigenvalue weighted by atomic mass is 32.2. The van der Waals surface area contributed by atoms with Crippen molar-refractivity contribution in [2.24, 2.45) is 5.92 Å². The second-order valence-corrected chi connectivity index (χ2v) is 6.87. The van der Waals surface area contributed by atoms with Gasteiger partial charge in [-0.25, -0.2) is 8.42 Å². The fraction of sp³-hybridized carbons (Fsp3) is 0.500. The number of nitrogens with zero attached hydrogens (tertiary/aromatic N) is 1. The van der Waals surface area contributed by atoms with Gasteiger partial charge in [-0.3, -0.25) is 4.31 Å². The van der Waals surface area contributed by atoms with Crippen molar-refractivity contribution in [2.45, 2.75) is 19.3 Å². The molecule has 1 aliphatic heterocycles. The molecule has 0 spiro atoms. The lowest BCUT2D eigenvalue weighted by Gasteiger charge is -2.19. The minimum atomic E-state index is -3.15. The summed E-state index contributed by atoms with van der Waals surface area (Å²) in [6.07, 6.45) is 2.90. The summed E-state index contributed by atoms with van der Waals surface area (Å²) in [7, 11) is -3.15. The quantitative estimate of drug-likeness (QED) is 0.826. The zero-order chi connectivity index (χ0) is 12.0. The van der Waals surface area contributed by atoms with Gasteiger partial charge in [0.1, 0.15) is 0 Å². The molecule has 1 fully saturated rings. The van der Waals surface area contributed by atoms with E-state index in [4.69, 9.17) is 5.73 Å². The highest BCUT2D eigenvalue weighted by Crippen LogP contribution is 2.36. The van der Waals surface area contributed by atoms with Crippen molar-refractivity contribution in [3.8, 4) is 0 Å². The van der Waals surface area contributed by atoms with Crippen LogP contribution >= 0.6 is 0 Å². The summed E-state index contributed by atoms with van der Waals surface area (Å²) >= 11 is 0. The zero-order valence-electron chi connectivity index (χ0n) is 9.59. The highest BCUT2D eigenvalue weighted by molar-refractivity contribution is 7.92. The van der Waals surface area contributed by atoms with Crippen LogP contribution in [0.5, 0.6) is 0 Å². The molecule has 3 rings (SSSR count). The van der Waals surface area contributed by atoms with E-state index < -0.39 is 10.0 Å². The minimum Gasteiger partial charge on any atom is -0.399 e. The molecule has 17 heavy (non-hydrogen) atoms. The van der Waals surface area contributed by atoms with Crippen molar-refractivity contribution in [1.82, 2.24) is 0 Å². The molecule has 92 valence electrons. The van der Waals surface area contributed by atoms with E-state index in [2.05, 4.69) is 0 Å². The van der Waals surface area contributed by atoms with Crippen LogP contribution in [0.3, 0.4) is 0 Å². The van der Waals surface area contributed by atoms with Gasteiger partial charge in [-0.15, -0.1) is 0 Å². The molecule has 1 aromatic carbocycles. The van der Waals surface area contributed by atoms with Gasteiger partial charge in [0.25, 0.3) is 0 Å². The Morgan fingerprint density at radius 2 is 2.12 bits per heavy atom. The number of nitrogen functional groups attached to an aromatic ring is 1. The van der Waals surface area contributed by atoms with E-state index in [1.807, 2.05) is 12.1 Å². The molecule has 1 aromatic rings. The zero-order valence-corrected chi connectivity index (χ0v) is 10.4. The van der Waals surface area contributed by atoms with Crippen LogP contribution in [-0.2, 0) is 16.4 Å². The maximum Gasteiger partial charge on any atom is 0.235 e. The summed E-state index contributed by atoms with van der Waals surface area (Å²) in [4.78, 5) is 0. The molecule has 1 aliphatic carbocycles. The normalized spacial score (nSPS) is 19.4. The smallest absolute Gasteiger partial charge is 0.235 e. The molecule has 0 aromatic heterocycles. The summed E-state index contributed by atoms with van der Waals surface area (Å²) in [5.74, 6) is 0.673. The molecule has 2 aliphatic rings. The first-order chi connectivity index (χ1) is 8.06. The Hall–Kier alpha value is -1.23. The molecule has 2 N–H and O–H groups in total. The number of fused-ring (bicyclic) bond motifs is 1. The van der Waals surface area contributed by atoms with Gasteiger partial charge >= 0.3 is 0 Å². The third-order valence-electron chi connectivity index (χ3n) is 3.44. The number of benzene rings is 1. The van der Waals surface area contributed by atoms with Crippen LogP contribution in [0.1, 0.15) is 18.4 Å². The fourth-order valence-electron chi connectivity index (χ4n) is 2.33. The first-order valence-corrected chi connectivity index (χ1v) is 7.56. The van der Waals surface area contributed by atoms with Gasteiger partial charge in [-0.1, -0.05) is 6.07 Å². The van der Waals surface area contributed by atoms with E-state index in [-0.39, 0.29) is 0 Å². The van der Waals surface area contributed by atoms with Gasteiger partial charge in [-0.05, 0) is 42.9 Å². The Bertz CT molecular complexity index is 550. The molecule has 0 bridgehead atoms. The monoisotopic (exact) mass is 252 g/mol. The van der Waals surface area contributed by atoms with Crippen LogP contribution in [0.4, 0.5) is 11.4 Å². The Balaban J connectivity index is 1.94. The average molecular weight is 252 g/mol. The highest BCUT2D eigenvalue weighted by Gasteiger charge is 2.35. The molecule has 0 radical (unpaired) electrons. The van der Waals surface area contributed by atoms with E-state index in [1.54, 1.807) is 6.07 Å². The lowest BCUT2D eigenvalue weighted by atomic mass is 10.1. The summed E-state index contributed by atoms with van der Waals surface area (Å²) in [6, 6.07) is 5.53. The molecule has 0 saturated heterocycles. The molecule has 0 amide bonds. The van der Waals surface area contributed by atoms with Gasteiger partial charge in [0, 0.05) is 12.2 Å². The van der Waals surface area contributed by atoms with E-state index in [0.29, 0.717) is 23.9 Å². The van der Waals surface area contributed by atoms with E-state index in [9.17, 15) is 8.42 Å². The number of hydrogen-bond acceptors (Lipinski definition) is 3. The third-order valence-corrected chi connectivity index (χ3v) is 5.38. The largest absolute Gasteiger partial charge is 0.399 e. The number of sulfonamides is 1. The number of rotatable bonds is 3. The fourth-order valence-corrected chi connectivity index (χ4v) is 4.28. The van der Waals surface area contributed by atoms with Crippen LogP contribution in [-0.4, -0.2) is 20.7 Å². The van der Waals surface area contributed by atoms with Gasteiger partial charge in [0.05, 0.1) is 11.4 Å². The van der Waals surface area contributed by atoms with E-state index >= 15 is 0 Å². The second-order valence-electron chi connectivity index (χ2n) is 4.93. The SMILES string of the molecule is Nc1ccc2c(c1)N(S(=O)(=O)CC1CC1)CC2. The summed E-state index contributed by atoms with van der Waals surface area (Å²) in [6.45, 7) is 0.563. The molecule has 1 heterocycles. The van der Waals surface area contributed by atoms with Crippen molar-refractivity contribution in [2.75, 3.05) is 22.3 Å². The second kappa shape index (κ2) is 3.63. The first-order valence-electron chi connectivity index (χ1n) is 5.95. The summed E-state index contributed by atoms with van der Waals surface area (Å²) < 4.78 is 26.0. The van der Waals surface area contributed by atoms with Crippen LogP contribution in [0.15, 0.2) is 18.2 Å². The van der Waals surface area contributed by atoms with Crippen molar-refractivity contribution < 1.29 is 8.42 Å². The summed E-state index contributed by atoms with van der Waals surface area (Å²) in [5, 5.41) is 0. The van der Waals surface area contributed by atoms with E-state index in [1.165, 1.54) is 4.31 Å². The van der Waals surface area contributed by atoms with Gasteiger partial charge in [0.2, 0.25) is 10.0 Å². The van der Waals surface area contributed by atoms with Crippen LogP contribution < -0.4 is 10.0 Å². The van der Waals surface area contributed by atoms with Crippen molar-refractivity contribution in [1.29, 1.82) is 0 Å². The Morgan fingerprint density at radius 1 is 1.35 bits per heavy atom. The molecule has 1 saturated carbocycles. The number of hydrogen-bond donors (Lipinski definition) is 1. The lowest BCUT2D eigenvalue weighted by Crippen LogP contribution is -2.32. The maximum atomic E-state index is 12.2. The van der Waals surface area contributed by atoms with Gasteiger partial charge < -0.3 is 5.73 Å². The number of anilines is 2. The van der Waals surface area contributed by atoms with Crippen LogP contribution in [0.2, 0.25) is 0 Å². The maximum absolute atomic E-state index is 12.2. The molecule has 5 heteroatoms. The van der Waals surface area contributed by atoms with Crippen LogP contribution in [0, 0.1) is 5.92 Å². The van der Waals surface area contributed by atoms with Crippen molar-refractivity contribution in [3.63, 3.8) is 0 Å².